The van der Waals surface area contributed by atoms with Gasteiger partial charge in [0.25, 0.3) is 5.91 Å². The number of anilines is 1. The van der Waals surface area contributed by atoms with E-state index >= 15 is 0 Å². The number of carbonyl (C=O) groups excluding carboxylic acids is 1. The monoisotopic (exact) mass is 484 g/mol. The van der Waals surface area contributed by atoms with Crippen molar-refractivity contribution in [2.75, 3.05) is 24.8 Å². The van der Waals surface area contributed by atoms with Crippen LogP contribution in [0, 0.1) is 6.92 Å². The van der Waals surface area contributed by atoms with Crippen molar-refractivity contribution < 1.29 is 17.9 Å². The molecule has 0 fully saturated rings. The van der Waals surface area contributed by atoms with E-state index in [1.807, 2.05) is 29.8 Å². The van der Waals surface area contributed by atoms with E-state index in [2.05, 4.69) is 4.98 Å². The predicted octanol–water partition coefficient (Wildman–Crippen LogP) is 3.95. The molecule has 8 nitrogen and oxygen atoms in total. The lowest BCUT2D eigenvalue weighted by atomic mass is 10.2. The van der Waals surface area contributed by atoms with Crippen LogP contribution in [0.2, 0.25) is 0 Å². The molecule has 0 bridgehead atoms. The number of aryl methyl sites for hydroxylation is 2. The molecular weight excluding hydrogens is 460 g/mol. The summed E-state index contributed by atoms with van der Waals surface area (Å²) in [4.78, 5) is 24.1. The molecule has 172 valence electrons. The quantitative estimate of drug-likeness (QED) is 0.376. The number of methoxy groups -OCH3 is 1. The summed E-state index contributed by atoms with van der Waals surface area (Å²) >= 11 is 1.42. The van der Waals surface area contributed by atoms with Gasteiger partial charge >= 0.3 is 0 Å². The van der Waals surface area contributed by atoms with Crippen LogP contribution >= 0.6 is 11.3 Å². The first-order valence-corrected chi connectivity index (χ1v) is 13.0. The van der Waals surface area contributed by atoms with E-state index in [1.165, 1.54) is 23.5 Å². The summed E-state index contributed by atoms with van der Waals surface area (Å²) in [5.74, 6) is 0.338. The summed E-state index contributed by atoms with van der Waals surface area (Å²) in [5.41, 5.74) is 2.04. The molecule has 10 heteroatoms. The molecule has 2 aromatic carbocycles. The zero-order valence-corrected chi connectivity index (χ0v) is 20.2. The number of ether oxygens (including phenoxy) is 1. The molecule has 0 aliphatic rings. The number of carbonyl (C=O) groups is 1. The lowest BCUT2D eigenvalue weighted by Crippen LogP contribution is -2.32. The Morgan fingerprint density at radius 1 is 1.24 bits per heavy atom. The van der Waals surface area contributed by atoms with Gasteiger partial charge in [-0.1, -0.05) is 23.5 Å². The minimum Gasteiger partial charge on any atom is -0.494 e. The molecule has 0 saturated carbocycles. The zero-order chi connectivity index (χ0) is 23.6. The Morgan fingerprint density at radius 3 is 2.76 bits per heavy atom. The van der Waals surface area contributed by atoms with E-state index in [-0.39, 0.29) is 10.8 Å². The number of benzene rings is 2. The number of hydrogen-bond donors (Lipinski definition) is 0. The van der Waals surface area contributed by atoms with Gasteiger partial charge in [0, 0.05) is 37.3 Å². The maximum atomic E-state index is 13.6. The van der Waals surface area contributed by atoms with Crippen molar-refractivity contribution in [3.05, 3.63) is 66.2 Å². The minimum atomic E-state index is -3.44. The highest BCUT2D eigenvalue weighted by Gasteiger charge is 2.23. The predicted molar refractivity (Wildman–Crippen MR) is 129 cm³/mol. The fourth-order valence-electron chi connectivity index (χ4n) is 3.51. The van der Waals surface area contributed by atoms with E-state index in [0.29, 0.717) is 41.5 Å². The summed E-state index contributed by atoms with van der Waals surface area (Å²) in [7, 11) is -1.85. The van der Waals surface area contributed by atoms with E-state index in [4.69, 9.17) is 9.72 Å². The number of nitrogens with zero attached hydrogens (tertiary/aromatic N) is 4. The number of thiazole rings is 1. The first-order chi connectivity index (χ1) is 15.8. The summed E-state index contributed by atoms with van der Waals surface area (Å²) < 4.78 is 32.4. The average Bonchev–Trinajstić information content (AvgIpc) is 3.47. The molecule has 0 aliphatic heterocycles. The Hall–Kier alpha value is -3.24. The summed E-state index contributed by atoms with van der Waals surface area (Å²) in [6.07, 6.45) is 7.10. The number of sulfone groups is 1. The Bertz CT molecular complexity index is 1400. The van der Waals surface area contributed by atoms with Crippen LogP contribution in [0.1, 0.15) is 22.3 Å². The van der Waals surface area contributed by atoms with Gasteiger partial charge in [-0.3, -0.25) is 9.69 Å². The van der Waals surface area contributed by atoms with Crippen LogP contribution in [-0.2, 0) is 16.4 Å². The van der Waals surface area contributed by atoms with Crippen molar-refractivity contribution in [2.45, 2.75) is 24.8 Å². The molecule has 1 amide bonds. The maximum absolute atomic E-state index is 13.6. The largest absolute Gasteiger partial charge is 0.494 e. The standard InChI is InChI=1S/C23H24N4O4S2/c1-16-8-9-19(31-2)20-21(16)32-23(25-20)27(12-5-11-26-13-10-24-15-26)22(28)17-6-4-7-18(14-17)33(3,29)30/h4,6-10,13-15H,5,11-12H2,1-3H3. The number of fused-ring (bicyclic) bond motifs is 1. The molecule has 0 atom stereocenters. The lowest BCUT2D eigenvalue weighted by Gasteiger charge is -2.20. The van der Waals surface area contributed by atoms with E-state index < -0.39 is 9.84 Å². The van der Waals surface area contributed by atoms with E-state index in [9.17, 15) is 13.2 Å². The second-order valence-electron chi connectivity index (χ2n) is 7.67. The second kappa shape index (κ2) is 9.32. The molecule has 0 spiro atoms. The van der Waals surface area contributed by atoms with Crippen molar-refractivity contribution in [1.82, 2.24) is 14.5 Å². The normalized spacial score (nSPS) is 11.6. The van der Waals surface area contributed by atoms with Crippen LogP contribution in [0.3, 0.4) is 0 Å². The van der Waals surface area contributed by atoms with Gasteiger partial charge in [-0.15, -0.1) is 0 Å². The SMILES string of the molecule is COc1ccc(C)c2sc(N(CCCn3ccnc3)C(=O)c3cccc(S(C)(=O)=O)c3)nc12. The third kappa shape index (κ3) is 4.91. The van der Waals surface area contributed by atoms with Gasteiger partial charge in [-0.2, -0.15) is 0 Å². The smallest absolute Gasteiger partial charge is 0.260 e. The van der Waals surface area contributed by atoms with Gasteiger partial charge in [0.05, 0.1) is 23.0 Å². The van der Waals surface area contributed by atoms with Gasteiger partial charge in [-0.05, 0) is 43.2 Å². The maximum Gasteiger partial charge on any atom is 0.260 e. The molecule has 0 saturated heterocycles. The Balaban J connectivity index is 1.73. The molecule has 0 N–H and O–H groups in total. The first kappa shape index (κ1) is 22.9. The summed E-state index contributed by atoms with van der Waals surface area (Å²) in [5, 5.41) is 0.540. The van der Waals surface area contributed by atoms with Gasteiger partial charge < -0.3 is 9.30 Å². The van der Waals surface area contributed by atoms with Gasteiger partial charge in [0.2, 0.25) is 0 Å². The first-order valence-electron chi connectivity index (χ1n) is 10.3. The van der Waals surface area contributed by atoms with Crippen molar-refractivity contribution in [3.8, 4) is 5.75 Å². The molecule has 33 heavy (non-hydrogen) atoms. The van der Waals surface area contributed by atoms with Crippen LogP contribution in [0.4, 0.5) is 5.13 Å². The van der Waals surface area contributed by atoms with Crippen LogP contribution in [-0.4, -0.2) is 48.8 Å². The van der Waals surface area contributed by atoms with Crippen LogP contribution in [0.25, 0.3) is 10.2 Å². The number of amides is 1. The minimum absolute atomic E-state index is 0.105. The topological polar surface area (TPSA) is 94.4 Å². The molecule has 0 aliphatic carbocycles. The van der Waals surface area contributed by atoms with Gasteiger partial charge in [0.15, 0.2) is 15.0 Å². The van der Waals surface area contributed by atoms with E-state index in [0.717, 1.165) is 16.5 Å². The summed E-state index contributed by atoms with van der Waals surface area (Å²) in [6.45, 7) is 3.08. The van der Waals surface area contributed by atoms with Gasteiger partial charge in [0.1, 0.15) is 11.3 Å². The van der Waals surface area contributed by atoms with Crippen LogP contribution in [0.15, 0.2) is 60.0 Å². The molecule has 4 rings (SSSR count). The molecule has 2 heterocycles. The van der Waals surface area contributed by atoms with Gasteiger partial charge in [-0.25, -0.2) is 18.4 Å². The Labute approximate surface area is 196 Å². The Kier molecular flexibility index (Phi) is 6.48. The number of aromatic nitrogens is 3. The third-order valence-electron chi connectivity index (χ3n) is 5.25. The third-order valence-corrected chi connectivity index (χ3v) is 7.58. The van der Waals surface area contributed by atoms with Crippen molar-refractivity contribution in [1.29, 1.82) is 0 Å². The highest BCUT2D eigenvalue weighted by molar-refractivity contribution is 7.90. The lowest BCUT2D eigenvalue weighted by molar-refractivity contribution is 0.0986. The second-order valence-corrected chi connectivity index (χ2v) is 10.7. The number of imidazole rings is 1. The highest BCUT2D eigenvalue weighted by atomic mass is 32.2. The summed E-state index contributed by atoms with van der Waals surface area (Å²) in [6, 6.07) is 9.94. The van der Waals surface area contributed by atoms with E-state index in [1.54, 1.807) is 36.7 Å². The number of rotatable bonds is 8. The Morgan fingerprint density at radius 2 is 2.06 bits per heavy atom. The molecule has 2 aromatic heterocycles. The fraction of sp³-hybridized carbons (Fsp3) is 0.261. The molecule has 0 unspecified atom stereocenters. The van der Waals surface area contributed by atoms with Crippen molar-refractivity contribution in [2.24, 2.45) is 0 Å². The fourth-order valence-corrected chi connectivity index (χ4v) is 5.25. The number of hydrogen-bond acceptors (Lipinski definition) is 7. The molecule has 4 aromatic rings. The molecular formula is C23H24N4O4S2. The van der Waals surface area contributed by atoms with Crippen molar-refractivity contribution >= 4 is 42.4 Å². The highest BCUT2D eigenvalue weighted by Crippen LogP contribution is 2.37. The average molecular weight is 485 g/mol. The molecule has 0 radical (unpaired) electrons. The van der Waals surface area contributed by atoms with Crippen LogP contribution < -0.4 is 9.64 Å². The van der Waals surface area contributed by atoms with Crippen molar-refractivity contribution in [3.63, 3.8) is 0 Å². The zero-order valence-electron chi connectivity index (χ0n) is 18.6. The van der Waals surface area contributed by atoms with Crippen LogP contribution in [0.5, 0.6) is 5.75 Å².